The number of aryl methyl sites for hydroxylation is 4. The zero-order chi connectivity index (χ0) is 41.4. The minimum absolute atomic E-state index is 0.0161. The molecular formula is C38H36Cl2N12O7. The van der Waals surface area contributed by atoms with Crippen molar-refractivity contribution in [1.29, 1.82) is 0 Å². The lowest BCUT2D eigenvalue weighted by molar-refractivity contribution is 0.265. The molecule has 8 aromatic rings. The van der Waals surface area contributed by atoms with Crippen molar-refractivity contribution in [3.05, 3.63) is 148 Å². The van der Waals surface area contributed by atoms with E-state index in [0.29, 0.717) is 39.8 Å². The Labute approximate surface area is 342 Å². The number of nitrogens with zero attached hydrogens (tertiary/aromatic N) is 11. The number of hydrogen-bond donors (Lipinski definition) is 2. The molecule has 0 fully saturated rings. The molecule has 10 rings (SSSR count). The second-order valence-electron chi connectivity index (χ2n) is 14.2. The average molecular weight is 844 g/mol. The first-order chi connectivity index (χ1) is 28.4. The maximum Gasteiger partial charge on any atom is 0.437 e. The van der Waals surface area contributed by atoms with E-state index in [-0.39, 0.29) is 48.5 Å². The smallest absolute Gasteiger partial charge is 0.396 e. The monoisotopic (exact) mass is 842 g/mol. The molecule has 2 aliphatic rings. The Balaban J connectivity index is 0.000000137. The summed E-state index contributed by atoms with van der Waals surface area (Å²) >= 11 is 12.0. The van der Waals surface area contributed by atoms with Crippen LogP contribution in [0.2, 0.25) is 10.0 Å². The van der Waals surface area contributed by atoms with Crippen LogP contribution in [-0.2, 0) is 46.6 Å². The summed E-state index contributed by atoms with van der Waals surface area (Å²) in [5, 5.41) is 20.6. The highest BCUT2D eigenvalue weighted by Gasteiger charge is 2.25. The first-order valence-electron chi connectivity index (χ1n) is 18.5. The molecule has 6 heterocycles. The largest absolute Gasteiger partial charge is 0.437 e. The minimum atomic E-state index is -0.660. The fourth-order valence-electron chi connectivity index (χ4n) is 7.42. The Morgan fingerprint density at radius 1 is 0.729 bits per heavy atom. The van der Waals surface area contributed by atoms with E-state index in [1.165, 1.54) is 55.8 Å². The molecule has 59 heavy (non-hydrogen) atoms. The zero-order valence-electron chi connectivity index (χ0n) is 31.7. The van der Waals surface area contributed by atoms with Gasteiger partial charge in [-0.1, -0.05) is 35.3 Å². The van der Waals surface area contributed by atoms with Crippen molar-refractivity contribution in [2.45, 2.75) is 57.2 Å². The normalized spacial score (nSPS) is 15.5. The van der Waals surface area contributed by atoms with Crippen molar-refractivity contribution in [1.82, 2.24) is 58.2 Å². The fraction of sp³-hybridized carbons (Fsp3) is 0.316. The summed E-state index contributed by atoms with van der Waals surface area (Å²) in [6, 6.07) is 11.8. The topological polar surface area (TPSA) is 233 Å². The molecule has 21 heteroatoms. The van der Waals surface area contributed by atoms with Crippen LogP contribution in [0.3, 0.4) is 0 Å². The lowest BCUT2D eigenvalue weighted by Crippen LogP contribution is -2.23. The molecule has 0 saturated carbocycles. The van der Waals surface area contributed by atoms with Gasteiger partial charge in [-0.05, 0) is 72.2 Å². The highest BCUT2D eigenvalue weighted by molar-refractivity contribution is 6.31. The molecule has 0 aliphatic heterocycles. The van der Waals surface area contributed by atoms with E-state index in [1.807, 2.05) is 30.3 Å². The SMILES string of the molecule is Cn1cnc2ncn(Cc3n[nH]c(=O)o3)c(=O)c21.Cn1cnc2ncn(Cc3nn(CC4CCc5ccc(Cl)cc54)c(=O)o3)c(=O)c21.OCC1CCc2ccc(Cl)cc21. The van der Waals surface area contributed by atoms with Crippen LogP contribution in [-0.4, -0.2) is 69.9 Å². The Morgan fingerprint density at radius 2 is 1.25 bits per heavy atom. The third kappa shape index (κ3) is 8.16. The standard InChI is InChI=1S/C19H17ClN6O3.C10H11ClO.C9H8N6O3/c1-24-9-21-17-16(24)18(27)25(10-22-17)8-15-23-26(19(28)29-15)7-12-3-2-11-4-5-13(20)6-14(11)12;11-9-4-3-7-1-2-8(6-12)10(7)5-9;1-14-3-10-7-6(14)8(16)15(4-11-7)2-5-12-13-9(17)18-5/h4-6,9-10,12H,2-3,7-8H2,1H3;3-5,8,12H,1-2,6H2;3-4H,2H2,1H3,(H,13,17). The predicted octanol–water partition coefficient (Wildman–Crippen LogP) is 2.93. The van der Waals surface area contributed by atoms with Gasteiger partial charge in [-0.25, -0.2) is 34.6 Å². The van der Waals surface area contributed by atoms with Crippen LogP contribution < -0.4 is 22.6 Å². The molecule has 2 aliphatic carbocycles. The molecule has 0 spiro atoms. The molecule has 19 nitrogen and oxygen atoms in total. The number of aromatic amines is 1. The zero-order valence-corrected chi connectivity index (χ0v) is 33.2. The summed E-state index contributed by atoms with van der Waals surface area (Å²) in [5.41, 5.74) is 5.96. The summed E-state index contributed by atoms with van der Waals surface area (Å²) in [5.74, 6) is -0.464. The van der Waals surface area contributed by atoms with E-state index in [4.69, 9.17) is 37.1 Å². The van der Waals surface area contributed by atoms with Gasteiger partial charge in [-0.15, -0.1) is 10.2 Å². The van der Waals surface area contributed by atoms with E-state index in [9.17, 15) is 19.2 Å². The van der Waals surface area contributed by atoms with E-state index in [1.54, 1.807) is 23.2 Å². The maximum absolute atomic E-state index is 12.6. The number of fused-ring (bicyclic) bond motifs is 4. The second-order valence-corrected chi connectivity index (χ2v) is 15.1. The summed E-state index contributed by atoms with van der Waals surface area (Å²) in [7, 11) is 3.43. The van der Waals surface area contributed by atoms with Crippen molar-refractivity contribution >= 4 is 45.5 Å². The van der Waals surface area contributed by atoms with Gasteiger partial charge in [-0.2, -0.15) is 4.68 Å². The molecule has 304 valence electrons. The first-order valence-corrected chi connectivity index (χ1v) is 19.2. The summed E-state index contributed by atoms with van der Waals surface area (Å²) in [4.78, 5) is 64.1. The van der Waals surface area contributed by atoms with E-state index in [2.05, 4.69) is 41.3 Å². The Morgan fingerprint density at radius 3 is 1.80 bits per heavy atom. The number of halogens is 2. The molecule has 2 N–H and O–H groups in total. The number of benzene rings is 2. The number of imidazole rings is 2. The van der Waals surface area contributed by atoms with Crippen molar-refractivity contribution in [3.8, 4) is 0 Å². The Kier molecular flexibility index (Phi) is 11.0. The lowest BCUT2D eigenvalue weighted by Gasteiger charge is -2.10. The van der Waals surface area contributed by atoms with Crippen LogP contribution >= 0.6 is 23.2 Å². The number of aliphatic hydroxyl groups is 1. The number of aromatic nitrogens is 12. The predicted molar refractivity (Wildman–Crippen MR) is 214 cm³/mol. The summed E-state index contributed by atoms with van der Waals surface area (Å²) in [6.45, 7) is 0.699. The van der Waals surface area contributed by atoms with Gasteiger partial charge in [0, 0.05) is 42.6 Å². The number of rotatable bonds is 7. The molecular weight excluding hydrogens is 807 g/mol. The highest BCUT2D eigenvalue weighted by Crippen LogP contribution is 2.36. The molecule has 2 atom stereocenters. The van der Waals surface area contributed by atoms with E-state index in [0.717, 1.165) is 36.3 Å². The lowest BCUT2D eigenvalue weighted by atomic mass is 10.0. The molecule has 2 unspecified atom stereocenters. The van der Waals surface area contributed by atoms with Crippen LogP contribution in [0.15, 0.2) is 89.7 Å². The van der Waals surface area contributed by atoms with Gasteiger partial charge in [0.1, 0.15) is 25.7 Å². The van der Waals surface area contributed by atoms with Gasteiger partial charge < -0.3 is 23.1 Å². The van der Waals surface area contributed by atoms with E-state index >= 15 is 0 Å². The van der Waals surface area contributed by atoms with E-state index < -0.39 is 11.5 Å². The Hall–Kier alpha value is -6.44. The van der Waals surface area contributed by atoms with Gasteiger partial charge in [0.2, 0.25) is 11.8 Å². The summed E-state index contributed by atoms with van der Waals surface area (Å²) in [6.07, 6.45) is 9.78. The highest BCUT2D eigenvalue weighted by atomic mass is 35.5. The maximum atomic E-state index is 12.6. The molecule has 0 bridgehead atoms. The number of H-pyrrole nitrogens is 1. The van der Waals surface area contributed by atoms with Crippen LogP contribution in [0, 0.1) is 0 Å². The average Bonchev–Trinajstić information content (AvgIpc) is 4.09. The van der Waals surface area contributed by atoms with Crippen molar-refractivity contribution < 1.29 is 13.9 Å². The third-order valence-corrected chi connectivity index (χ3v) is 10.8. The number of hydrogen-bond acceptors (Lipinski definition) is 13. The van der Waals surface area contributed by atoms with Crippen molar-refractivity contribution in [3.63, 3.8) is 0 Å². The van der Waals surface area contributed by atoms with Crippen LogP contribution in [0.1, 0.15) is 58.7 Å². The third-order valence-electron chi connectivity index (χ3n) is 10.4. The molecule has 0 saturated heterocycles. The fourth-order valence-corrected chi connectivity index (χ4v) is 7.78. The van der Waals surface area contributed by atoms with Gasteiger partial charge in [-0.3, -0.25) is 18.7 Å². The van der Waals surface area contributed by atoms with Crippen molar-refractivity contribution in [2.75, 3.05) is 6.61 Å². The van der Waals surface area contributed by atoms with Gasteiger partial charge in [0.05, 0.1) is 19.2 Å². The first kappa shape index (κ1) is 39.4. The Bertz CT molecular complexity index is 3060. The van der Waals surface area contributed by atoms with Gasteiger partial charge >= 0.3 is 11.5 Å². The molecule has 2 aromatic carbocycles. The molecule has 0 amide bonds. The molecule has 0 radical (unpaired) electrons. The van der Waals surface area contributed by atoms with Gasteiger partial charge in [0.15, 0.2) is 22.3 Å². The second kappa shape index (κ2) is 16.4. The van der Waals surface area contributed by atoms with Gasteiger partial charge in [0.25, 0.3) is 11.1 Å². The minimum Gasteiger partial charge on any atom is -0.396 e. The quantitative estimate of drug-likeness (QED) is 0.235. The van der Waals surface area contributed by atoms with Crippen molar-refractivity contribution in [2.24, 2.45) is 14.1 Å². The number of aliphatic hydroxyl groups excluding tert-OH is 1. The van der Waals surface area contributed by atoms with Crippen LogP contribution in [0.5, 0.6) is 0 Å². The summed E-state index contributed by atoms with van der Waals surface area (Å²) < 4.78 is 17.2. The van der Waals surface area contributed by atoms with Crippen LogP contribution in [0.4, 0.5) is 0 Å². The molecule has 6 aromatic heterocycles. The number of nitrogens with one attached hydrogen (secondary N) is 1. The van der Waals surface area contributed by atoms with Crippen LogP contribution in [0.25, 0.3) is 22.3 Å².